The fourth-order valence-electron chi connectivity index (χ4n) is 0.988. The van der Waals surface area contributed by atoms with Crippen molar-refractivity contribution in [2.75, 3.05) is 0 Å². The average molecular weight is 331 g/mol. The standard InChI is InChI=1S/C8H5F3INO2/c9-3-2-13-4(1-5(14)15)7(12)6(3)8(10)11/h2,8H,1H2,(H,14,15). The van der Waals surface area contributed by atoms with Crippen molar-refractivity contribution in [2.45, 2.75) is 12.8 Å². The van der Waals surface area contributed by atoms with Crippen molar-refractivity contribution in [1.82, 2.24) is 4.98 Å². The van der Waals surface area contributed by atoms with Crippen molar-refractivity contribution in [3.05, 3.63) is 26.8 Å². The third kappa shape index (κ3) is 2.80. The quantitative estimate of drug-likeness (QED) is 0.866. The summed E-state index contributed by atoms with van der Waals surface area (Å²) in [5.41, 5.74) is -0.846. The summed E-state index contributed by atoms with van der Waals surface area (Å²) in [5, 5.41) is 8.47. The van der Waals surface area contributed by atoms with E-state index in [2.05, 4.69) is 4.98 Å². The Hall–Kier alpha value is -0.860. The molecule has 0 radical (unpaired) electrons. The molecule has 0 saturated carbocycles. The molecule has 0 aliphatic carbocycles. The van der Waals surface area contributed by atoms with Gasteiger partial charge in [0, 0.05) is 3.57 Å². The number of nitrogens with zero attached hydrogens (tertiary/aromatic N) is 1. The summed E-state index contributed by atoms with van der Waals surface area (Å²) in [6.45, 7) is 0. The van der Waals surface area contributed by atoms with Gasteiger partial charge < -0.3 is 5.11 Å². The number of halogens is 4. The smallest absolute Gasteiger partial charge is 0.309 e. The summed E-state index contributed by atoms with van der Waals surface area (Å²) in [6, 6.07) is 0. The van der Waals surface area contributed by atoms with Gasteiger partial charge in [0.25, 0.3) is 6.43 Å². The molecule has 0 aliphatic rings. The molecule has 0 spiro atoms. The molecule has 1 N–H and O–H groups in total. The molecule has 82 valence electrons. The molecule has 3 nitrogen and oxygen atoms in total. The Balaban J connectivity index is 3.22. The maximum Gasteiger partial charge on any atom is 0.309 e. The normalized spacial score (nSPS) is 10.7. The Morgan fingerprint density at radius 3 is 2.67 bits per heavy atom. The van der Waals surface area contributed by atoms with Crippen molar-refractivity contribution in [2.24, 2.45) is 0 Å². The summed E-state index contributed by atoms with van der Waals surface area (Å²) in [7, 11) is 0. The van der Waals surface area contributed by atoms with Gasteiger partial charge in [0.05, 0.1) is 23.9 Å². The lowest BCUT2D eigenvalue weighted by Gasteiger charge is -2.07. The van der Waals surface area contributed by atoms with E-state index in [9.17, 15) is 18.0 Å². The van der Waals surface area contributed by atoms with Crippen molar-refractivity contribution in [3.63, 3.8) is 0 Å². The second-order valence-corrected chi connectivity index (χ2v) is 3.73. The zero-order chi connectivity index (χ0) is 11.6. The van der Waals surface area contributed by atoms with Gasteiger partial charge in [-0.2, -0.15) is 0 Å². The van der Waals surface area contributed by atoms with Crippen LogP contribution in [0.3, 0.4) is 0 Å². The van der Waals surface area contributed by atoms with E-state index < -0.39 is 30.2 Å². The van der Waals surface area contributed by atoms with Gasteiger partial charge in [0.2, 0.25) is 0 Å². The summed E-state index contributed by atoms with van der Waals surface area (Å²) < 4.78 is 37.6. The number of alkyl halides is 2. The lowest BCUT2D eigenvalue weighted by molar-refractivity contribution is -0.136. The Morgan fingerprint density at radius 2 is 2.20 bits per heavy atom. The first kappa shape index (κ1) is 12.2. The van der Waals surface area contributed by atoms with Gasteiger partial charge in [0.15, 0.2) is 5.82 Å². The Kier molecular flexibility index (Phi) is 3.89. The lowest BCUT2D eigenvalue weighted by Crippen LogP contribution is -2.08. The minimum Gasteiger partial charge on any atom is -0.481 e. The topological polar surface area (TPSA) is 50.2 Å². The van der Waals surface area contributed by atoms with E-state index in [0.717, 1.165) is 0 Å². The first-order chi connectivity index (χ1) is 6.93. The molecular formula is C8H5F3INO2. The number of aromatic nitrogens is 1. The highest BCUT2D eigenvalue weighted by molar-refractivity contribution is 14.1. The van der Waals surface area contributed by atoms with Crippen molar-refractivity contribution < 1.29 is 23.1 Å². The second kappa shape index (κ2) is 4.77. The maximum absolute atomic E-state index is 12.9. The number of pyridine rings is 1. The molecule has 0 aliphatic heterocycles. The van der Waals surface area contributed by atoms with Crippen molar-refractivity contribution in [1.29, 1.82) is 0 Å². The average Bonchev–Trinajstić information content (AvgIpc) is 2.09. The van der Waals surface area contributed by atoms with E-state index in [4.69, 9.17) is 5.11 Å². The first-order valence-corrected chi connectivity index (χ1v) is 4.84. The Morgan fingerprint density at radius 1 is 1.60 bits per heavy atom. The molecule has 15 heavy (non-hydrogen) atoms. The highest BCUT2D eigenvalue weighted by Gasteiger charge is 2.21. The molecule has 1 aromatic heterocycles. The summed E-state index contributed by atoms with van der Waals surface area (Å²) in [4.78, 5) is 13.8. The van der Waals surface area contributed by atoms with Crippen LogP contribution in [0, 0.1) is 9.39 Å². The molecule has 0 atom stereocenters. The van der Waals surface area contributed by atoms with Gasteiger partial charge >= 0.3 is 5.97 Å². The van der Waals surface area contributed by atoms with E-state index in [1.54, 1.807) is 0 Å². The number of rotatable bonds is 3. The van der Waals surface area contributed by atoms with Crippen LogP contribution in [-0.4, -0.2) is 16.1 Å². The zero-order valence-electron chi connectivity index (χ0n) is 7.18. The van der Waals surface area contributed by atoms with Crippen LogP contribution in [0.4, 0.5) is 13.2 Å². The molecule has 0 saturated heterocycles. The number of carboxylic acid groups (broad SMARTS) is 1. The van der Waals surface area contributed by atoms with Gasteiger partial charge in [-0.3, -0.25) is 9.78 Å². The highest BCUT2D eigenvalue weighted by Crippen LogP contribution is 2.28. The zero-order valence-corrected chi connectivity index (χ0v) is 9.33. The van der Waals surface area contributed by atoms with E-state index in [0.29, 0.717) is 6.20 Å². The Bertz CT molecular complexity index is 398. The van der Waals surface area contributed by atoms with Crippen molar-refractivity contribution in [3.8, 4) is 0 Å². The van der Waals surface area contributed by atoms with Gasteiger partial charge in [-0.1, -0.05) is 0 Å². The monoisotopic (exact) mass is 331 g/mol. The van der Waals surface area contributed by atoms with E-state index in [-0.39, 0.29) is 9.26 Å². The predicted octanol–water partition coefficient (Wildman–Crippen LogP) is 2.39. The number of carboxylic acids is 1. The number of hydrogen-bond acceptors (Lipinski definition) is 2. The highest BCUT2D eigenvalue weighted by atomic mass is 127. The third-order valence-electron chi connectivity index (χ3n) is 1.62. The SMILES string of the molecule is O=C(O)Cc1ncc(F)c(C(F)F)c1I. The molecule has 0 amide bonds. The first-order valence-electron chi connectivity index (χ1n) is 3.76. The molecule has 1 aromatic rings. The summed E-state index contributed by atoms with van der Waals surface area (Å²) in [6.07, 6.45) is -2.87. The number of carbonyl (C=O) groups is 1. The molecule has 0 fully saturated rings. The van der Waals surface area contributed by atoms with Crippen LogP contribution in [0.1, 0.15) is 17.7 Å². The van der Waals surface area contributed by atoms with E-state index >= 15 is 0 Å². The van der Waals surface area contributed by atoms with Gasteiger partial charge in [-0.25, -0.2) is 13.2 Å². The number of aliphatic carboxylic acids is 1. The van der Waals surface area contributed by atoms with E-state index in [1.807, 2.05) is 0 Å². The molecule has 7 heteroatoms. The van der Waals surface area contributed by atoms with E-state index in [1.165, 1.54) is 22.6 Å². The van der Waals surface area contributed by atoms with Crippen LogP contribution < -0.4 is 0 Å². The molecule has 1 heterocycles. The van der Waals surface area contributed by atoms with Gasteiger partial charge in [-0.15, -0.1) is 0 Å². The van der Waals surface area contributed by atoms with Gasteiger partial charge in [-0.05, 0) is 22.6 Å². The molecule has 0 bridgehead atoms. The van der Waals surface area contributed by atoms with Crippen molar-refractivity contribution >= 4 is 28.6 Å². The fourth-order valence-corrected chi connectivity index (χ4v) is 1.81. The second-order valence-electron chi connectivity index (χ2n) is 2.65. The largest absolute Gasteiger partial charge is 0.481 e. The molecule has 0 unspecified atom stereocenters. The van der Waals surface area contributed by atoms with Crippen LogP contribution in [0.25, 0.3) is 0 Å². The van der Waals surface area contributed by atoms with Crippen LogP contribution in [0.15, 0.2) is 6.20 Å². The minimum atomic E-state index is -2.98. The summed E-state index contributed by atoms with van der Waals surface area (Å²) in [5.74, 6) is -2.32. The third-order valence-corrected chi connectivity index (χ3v) is 2.82. The summed E-state index contributed by atoms with van der Waals surface area (Å²) >= 11 is 1.47. The fraction of sp³-hybridized carbons (Fsp3) is 0.250. The maximum atomic E-state index is 12.9. The number of hydrogen-bond donors (Lipinski definition) is 1. The lowest BCUT2D eigenvalue weighted by atomic mass is 10.2. The van der Waals surface area contributed by atoms with Crippen LogP contribution in [0.2, 0.25) is 0 Å². The molecular weight excluding hydrogens is 326 g/mol. The molecule has 0 aromatic carbocycles. The minimum absolute atomic E-state index is 0.0557. The van der Waals surface area contributed by atoms with Crippen LogP contribution in [0.5, 0.6) is 0 Å². The Labute approximate surface area is 96.5 Å². The van der Waals surface area contributed by atoms with Gasteiger partial charge in [0.1, 0.15) is 0 Å². The van der Waals surface area contributed by atoms with Crippen LogP contribution >= 0.6 is 22.6 Å². The predicted molar refractivity (Wildman–Crippen MR) is 53.2 cm³/mol. The molecule has 1 rings (SSSR count). The van der Waals surface area contributed by atoms with Crippen LogP contribution in [-0.2, 0) is 11.2 Å².